The van der Waals surface area contributed by atoms with Gasteiger partial charge in [-0.05, 0) is 19.1 Å². The maximum Gasteiger partial charge on any atom is 0.419 e. The Morgan fingerprint density at radius 3 is 2.43 bits per heavy atom. The topological polar surface area (TPSA) is 56.5 Å². The first-order valence-electron chi connectivity index (χ1n) is 5.65. The molecule has 1 aromatic heterocycles. The summed E-state index contributed by atoms with van der Waals surface area (Å²) in [7, 11) is -3.77. The Bertz CT molecular complexity index is 776. The summed E-state index contributed by atoms with van der Waals surface area (Å²) in [4.78, 5) is 0. The van der Waals surface area contributed by atoms with E-state index in [1.54, 1.807) is 0 Å². The van der Waals surface area contributed by atoms with E-state index in [0.29, 0.717) is 12.1 Å². The average molecular weight is 326 g/mol. The van der Waals surface area contributed by atoms with Gasteiger partial charge in [-0.25, -0.2) is 4.39 Å². The maximum atomic E-state index is 13.6. The van der Waals surface area contributed by atoms with Crippen molar-refractivity contribution in [3.05, 3.63) is 35.3 Å². The van der Waals surface area contributed by atoms with Crippen LogP contribution in [0.25, 0.3) is 11.0 Å². The molecular formula is C12H10F4O4S. The van der Waals surface area contributed by atoms with Crippen molar-refractivity contribution in [1.82, 2.24) is 0 Å². The maximum absolute atomic E-state index is 13.6. The first-order valence-corrected chi connectivity index (χ1v) is 7.47. The quantitative estimate of drug-likeness (QED) is 0.638. The lowest BCUT2D eigenvalue weighted by Crippen LogP contribution is -2.09. The average Bonchev–Trinajstić information content (AvgIpc) is 2.66. The van der Waals surface area contributed by atoms with Crippen molar-refractivity contribution in [2.45, 2.75) is 19.2 Å². The third kappa shape index (κ3) is 3.35. The zero-order valence-corrected chi connectivity index (χ0v) is 11.7. The number of alkyl halides is 3. The Hall–Kier alpha value is -1.61. The fourth-order valence-electron chi connectivity index (χ4n) is 1.91. The van der Waals surface area contributed by atoms with Gasteiger partial charge in [0.1, 0.15) is 17.5 Å². The highest BCUT2D eigenvalue weighted by molar-refractivity contribution is 7.86. The van der Waals surface area contributed by atoms with Gasteiger partial charge >= 0.3 is 6.18 Å². The first-order chi connectivity index (χ1) is 9.49. The van der Waals surface area contributed by atoms with Gasteiger partial charge in [-0.2, -0.15) is 21.6 Å². The minimum Gasteiger partial charge on any atom is -0.464 e. The molecule has 2 rings (SSSR count). The fraction of sp³-hybridized carbons (Fsp3) is 0.333. The Labute approximate surface area is 117 Å². The van der Waals surface area contributed by atoms with E-state index in [-0.39, 0.29) is 16.5 Å². The van der Waals surface area contributed by atoms with Gasteiger partial charge in [0.05, 0.1) is 18.1 Å². The lowest BCUT2D eigenvalue weighted by molar-refractivity contribution is -0.139. The number of hydrogen-bond donors (Lipinski definition) is 0. The Balaban J connectivity index is 2.53. The number of fused-ring (bicyclic) bond motifs is 1. The van der Waals surface area contributed by atoms with Crippen LogP contribution in [0.1, 0.15) is 24.2 Å². The zero-order chi connectivity index (χ0) is 16.0. The van der Waals surface area contributed by atoms with Crippen molar-refractivity contribution < 1.29 is 34.6 Å². The van der Waals surface area contributed by atoms with Crippen molar-refractivity contribution >= 4 is 21.1 Å². The molecular weight excluding hydrogens is 316 g/mol. The Kier molecular flexibility index (Phi) is 3.75. The van der Waals surface area contributed by atoms with Crippen molar-refractivity contribution in [3.63, 3.8) is 0 Å². The van der Waals surface area contributed by atoms with Gasteiger partial charge in [-0.1, -0.05) is 0 Å². The summed E-state index contributed by atoms with van der Waals surface area (Å²) in [6.45, 7) is 1.36. The van der Waals surface area contributed by atoms with Gasteiger partial charge in [0.25, 0.3) is 10.1 Å². The molecule has 0 spiro atoms. The minimum absolute atomic E-state index is 0.0247. The highest BCUT2D eigenvalue weighted by Gasteiger charge is 2.35. The second-order valence-electron chi connectivity index (χ2n) is 4.46. The number of benzene rings is 1. The fourth-order valence-corrected chi connectivity index (χ4v) is 2.54. The highest BCUT2D eigenvalue weighted by Crippen LogP contribution is 2.37. The molecule has 0 radical (unpaired) electrons. The van der Waals surface area contributed by atoms with Gasteiger partial charge in [0, 0.05) is 10.9 Å². The second-order valence-corrected chi connectivity index (χ2v) is 6.06. The van der Waals surface area contributed by atoms with E-state index in [4.69, 9.17) is 8.60 Å². The van der Waals surface area contributed by atoms with E-state index >= 15 is 0 Å². The molecule has 4 nitrogen and oxygen atoms in total. The molecule has 0 N–H and O–H groups in total. The number of hydrogen-bond acceptors (Lipinski definition) is 4. The van der Waals surface area contributed by atoms with Crippen LogP contribution >= 0.6 is 0 Å². The summed E-state index contributed by atoms with van der Waals surface area (Å²) in [5.41, 5.74) is -1.52. The zero-order valence-electron chi connectivity index (χ0n) is 10.9. The molecule has 0 aliphatic carbocycles. The van der Waals surface area contributed by atoms with Crippen LogP contribution in [0.4, 0.5) is 17.6 Å². The molecule has 116 valence electrons. The van der Waals surface area contributed by atoms with Crippen LogP contribution in [0, 0.1) is 5.82 Å². The molecule has 1 unspecified atom stereocenters. The van der Waals surface area contributed by atoms with Gasteiger partial charge in [-0.15, -0.1) is 0 Å². The molecule has 1 atom stereocenters. The van der Waals surface area contributed by atoms with Crippen molar-refractivity contribution in [2.75, 3.05) is 6.26 Å². The van der Waals surface area contributed by atoms with E-state index < -0.39 is 33.8 Å². The highest BCUT2D eigenvalue weighted by atomic mass is 32.2. The summed E-state index contributed by atoms with van der Waals surface area (Å²) in [5, 5.41) is 0.0247. The SMILES string of the molecule is CC(OS(C)(=O)=O)c1coc2cc(C(F)(F)F)c(F)cc12. The lowest BCUT2D eigenvalue weighted by Gasteiger charge is -2.10. The monoisotopic (exact) mass is 326 g/mol. The predicted molar refractivity (Wildman–Crippen MR) is 65.5 cm³/mol. The van der Waals surface area contributed by atoms with E-state index in [2.05, 4.69) is 0 Å². The molecule has 21 heavy (non-hydrogen) atoms. The summed E-state index contributed by atoms with van der Waals surface area (Å²) in [6.07, 6.45) is -3.99. The molecule has 0 saturated heterocycles. The molecule has 0 aliphatic heterocycles. The molecule has 9 heteroatoms. The smallest absolute Gasteiger partial charge is 0.419 e. The molecule has 0 amide bonds. The van der Waals surface area contributed by atoms with Gasteiger partial charge in [-0.3, -0.25) is 4.18 Å². The van der Waals surface area contributed by atoms with Crippen molar-refractivity contribution in [1.29, 1.82) is 0 Å². The summed E-state index contributed by atoms with van der Waals surface area (Å²) in [6, 6.07) is 1.18. The Morgan fingerprint density at radius 1 is 1.29 bits per heavy atom. The summed E-state index contributed by atoms with van der Waals surface area (Å²) >= 11 is 0. The normalized spacial score (nSPS) is 14.6. The second kappa shape index (κ2) is 4.99. The number of furan rings is 1. The summed E-state index contributed by atoms with van der Waals surface area (Å²) in [5.74, 6) is -1.47. The first kappa shape index (κ1) is 15.8. The predicted octanol–water partition coefficient (Wildman–Crippen LogP) is 3.63. The molecule has 1 aromatic carbocycles. The van der Waals surface area contributed by atoms with E-state index in [9.17, 15) is 26.0 Å². The number of halogens is 4. The van der Waals surface area contributed by atoms with E-state index in [1.165, 1.54) is 6.92 Å². The van der Waals surface area contributed by atoms with E-state index in [1.807, 2.05) is 0 Å². The number of rotatable bonds is 3. The largest absolute Gasteiger partial charge is 0.464 e. The molecule has 0 saturated carbocycles. The van der Waals surface area contributed by atoms with Crippen LogP contribution in [0.3, 0.4) is 0 Å². The van der Waals surface area contributed by atoms with Gasteiger partial charge in [0.2, 0.25) is 0 Å². The van der Waals surface area contributed by atoms with Crippen LogP contribution < -0.4 is 0 Å². The van der Waals surface area contributed by atoms with E-state index in [0.717, 1.165) is 12.5 Å². The molecule has 0 fully saturated rings. The Morgan fingerprint density at radius 2 is 1.90 bits per heavy atom. The third-order valence-corrected chi connectivity index (χ3v) is 3.39. The van der Waals surface area contributed by atoms with Crippen LogP contribution in [0.15, 0.2) is 22.8 Å². The van der Waals surface area contributed by atoms with Crippen LogP contribution in [0.5, 0.6) is 0 Å². The molecule has 2 aromatic rings. The minimum atomic E-state index is -4.85. The van der Waals surface area contributed by atoms with Crippen LogP contribution in [-0.4, -0.2) is 14.7 Å². The van der Waals surface area contributed by atoms with Gasteiger partial charge in [0.15, 0.2) is 0 Å². The molecule has 1 heterocycles. The van der Waals surface area contributed by atoms with Crippen LogP contribution in [-0.2, 0) is 20.5 Å². The standard InChI is InChI=1S/C12H10F4O4S/c1-6(20-21(2,17)18)8-5-19-11-4-9(12(14,15)16)10(13)3-7(8)11/h3-6H,1-2H3. The van der Waals surface area contributed by atoms with Crippen molar-refractivity contribution in [3.8, 4) is 0 Å². The van der Waals surface area contributed by atoms with Crippen LogP contribution in [0.2, 0.25) is 0 Å². The lowest BCUT2D eigenvalue weighted by atomic mass is 10.1. The molecule has 0 aliphatic rings. The third-order valence-electron chi connectivity index (χ3n) is 2.76. The summed E-state index contributed by atoms with van der Waals surface area (Å²) < 4.78 is 83.0. The molecule has 0 bridgehead atoms. The van der Waals surface area contributed by atoms with Gasteiger partial charge < -0.3 is 4.42 Å². The van der Waals surface area contributed by atoms with Crippen molar-refractivity contribution in [2.24, 2.45) is 0 Å².